The van der Waals surface area contributed by atoms with Crippen LogP contribution in [0.2, 0.25) is 0 Å². The van der Waals surface area contributed by atoms with Crippen molar-refractivity contribution in [3.8, 4) is 0 Å². The number of rotatable bonds is 6. The minimum atomic E-state index is -4.51. The highest BCUT2D eigenvalue weighted by atomic mass is 32.3. The third-order valence-corrected chi connectivity index (χ3v) is 6.63. The van der Waals surface area contributed by atoms with E-state index in [4.69, 9.17) is 13.8 Å². The fourth-order valence-corrected chi connectivity index (χ4v) is 5.54. The van der Waals surface area contributed by atoms with Crippen molar-refractivity contribution in [3.63, 3.8) is 0 Å². The molecule has 2 aliphatic carbocycles. The zero-order chi connectivity index (χ0) is 21.1. The second-order valence-electron chi connectivity index (χ2n) is 7.82. The molecule has 6 atom stereocenters. The third kappa shape index (κ3) is 5.43. The summed E-state index contributed by atoms with van der Waals surface area (Å²) in [4.78, 5) is 10.7. The lowest BCUT2D eigenvalue weighted by atomic mass is 9.57. The first-order valence-corrected chi connectivity index (χ1v) is 11.0. The van der Waals surface area contributed by atoms with Crippen molar-refractivity contribution in [2.45, 2.75) is 46.6 Å². The molecule has 0 radical (unpaired) electrons. The SMILES string of the molecule is C/C=C(\C)[C@@H]1C(C)=C[C@H]2CC[C@H](OS(=O)(=O)O)[C@H](C)[C@H]2[C@H]1/C=C/C=C/C(=O)O. The van der Waals surface area contributed by atoms with Gasteiger partial charge in [-0.1, -0.05) is 48.5 Å². The molecule has 0 aliphatic heterocycles. The first-order chi connectivity index (χ1) is 13.0. The number of allylic oxidation sites excluding steroid dienone is 7. The average Bonchev–Trinajstić information content (AvgIpc) is 2.59. The highest BCUT2D eigenvalue weighted by molar-refractivity contribution is 7.80. The molecule has 1 fully saturated rings. The molecule has 28 heavy (non-hydrogen) atoms. The maximum Gasteiger partial charge on any atom is 0.397 e. The molecular weight excluding hydrogens is 380 g/mol. The van der Waals surface area contributed by atoms with E-state index >= 15 is 0 Å². The molecule has 0 aromatic heterocycles. The van der Waals surface area contributed by atoms with Gasteiger partial charge in [-0.25, -0.2) is 8.98 Å². The van der Waals surface area contributed by atoms with Gasteiger partial charge in [-0.2, -0.15) is 8.42 Å². The van der Waals surface area contributed by atoms with Crippen molar-refractivity contribution >= 4 is 16.4 Å². The summed E-state index contributed by atoms with van der Waals surface area (Å²) in [7, 11) is -4.51. The molecule has 2 aliphatic rings. The first kappa shape index (κ1) is 22.6. The number of hydrogen-bond donors (Lipinski definition) is 2. The fourth-order valence-electron chi connectivity index (χ4n) is 4.95. The molecular formula is C21H30O6S. The minimum Gasteiger partial charge on any atom is -0.478 e. The highest BCUT2D eigenvalue weighted by Crippen LogP contribution is 2.51. The number of carboxylic acids is 1. The van der Waals surface area contributed by atoms with Gasteiger partial charge in [-0.05, 0) is 57.3 Å². The number of aliphatic carboxylic acids is 1. The van der Waals surface area contributed by atoms with E-state index in [2.05, 4.69) is 26.0 Å². The van der Waals surface area contributed by atoms with E-state index in [-0.39, 0.29) is 29.6 Å². The molecule has 2 N–H and O–H groups in total. The van der Waals surface area contributed by atoms with Crippen LogP contribution < -0.4 is 0 Å². The monoisotopic (exact) mass is 410 g/mol. The molecule has 0 unspecified atom stereocenters. The zero-order valence-corrected chi connectivity index (χ0v) is 17.6. The number of fused-ring (bicyclic) bond motifs is 1. The molecule has 0 saturated heterocycles. The summed E-state index contributed by atoms with van der Waals surface area (Å²) in [6.45, 7) is 8.16. The molecule has 7 heteroatoms. The van der Waals surface area contributed by atoms with Crippen LogP contribution in [0.15, 0.2) is 47.6 Å². The Balaban J connectivity index is 2.43. The molecule has 0 heterocycles. The predicted molar refractivity (Wildman–Crippen MR) is 108 cm³/mol. The number of hydrogen-bond acceptors (Lipinski definition) is 4. The Morgan fingerprint density at radius 2 is 1.96 bits per heavy atom. The van der Waals surface area contributed by atoms with E-state index in [1.807, 2.05) is 19.9 Å². The second-order valence-corrected chi connectivity index (χ2v) is 8.87. The van der Waals surface area contributed by atoms with Crippen LogP contribution in [-0.4, -0.2) is 30.2 Å². The van der Waals surface area contributed by atoms with E-state index in [0.29, 0.717) is 6.42 Å². The summed E-state index contributed by atoms with van der Waals surface area (Å²) in [5.41, 5.74) is 2.49. The van der Waals surface area contributed by atoms with Crippen molar-refractivity contribution in [2.75, 3.05) is 0 Å². The summed E-state index contributed by atoms with van der Waals surface area (Å²) in [5, 5.41) is 8.81. The van der Waals surface area contributed by atoms with Gasteiger partial charge in [0.1, 0.15) is 0 Å². The van der Waals surface area contributed by atoms with E-state index in [0.717, 1.165) is 12.5 Å². The van der Waals surface area contributed by atoms with Crippen LogP contribution in [0.25, 0.3) is 0 Å². The van der Waals surface area contributed by atoms with Gasteiger partial charge in [0.25, 0.3) is 0 Å². The van der Waals surface area contributed by atoms with Crippen LogP contribution >= 0.6 is 0 Å². The number of carboxylic acid groups (broad SMARTS) is 1. The van der Waals surface area contributed by atoms with Crippen LogP contribution in [0.1, 0.15) is 40.5 Å². The predicted octanol–water partition coefficient (Wildman–Crippen LogP) is 4.19. The van der Waals surface area contributed by atoms with Gasteiger partial charge >= 0.3 is 16.4 Å². The normalized spacial score (nSPS) is 34.5. The van der Waals surface area contributed by atoms with Crippen LogP contribution in [0.3, 0.4) is 0 Å². The second kappa shape index (κ2) is 9.20. The summed E-state index contributed by atoms with van der Waals surface area (Å²) in [6, 6.07) is 0. The quantitative estimate of drug-likeness (QED) is 0.295. The maximum atomic E-state index is 11.3. The van der Waals surface area contributed by atoms with Crippen LogP contribution in [0.5, 0.6) is 0 Å². The summed E-state index contributed by atoms with van der Waals surface area (Å²) < 4.78 is 36.6. The Kier molecular flexibility index (Phi) is 7.42. The van der Waals surface area contributed by atoms with Crippen molar-refractivity contribution < 1.29 is 27.1 Å². The molecule has 0 aromatic rings. The van der Waals surface area contributed by atoms with Crippen molar-refractivity contribution in [2.24, 2.45) is 29.6 Å². The summed E-state index contributed by atoms with van der Waals surface area (Å²) in [5.74, 6) is -0.444. The molecule has 0 spiro atoms. The van der Waals surface area contributed by atoms with Crippen LogP contribution in [-0.2, 0) is 19.4 Å². The lowest BCUT2D eigenvalue weighted by Gasteiger charge is -2.49. The Morgan fingerprint density at radius 1 is 1.29 bits per heavy atom. The van der Waals surface area contributed by atoms with Crippen LogP contribution in [0, 0.1) is 29.6 Å². The third-order valence-electron chi connectivity index (χ3n) is 6.14. The van der Waals surface area contributed by atoms with Gasteiger partial charge in [0.2, 0.25) is 0 Å². The van der Waals surface area contributed by atoms with Gasteiger partial charge in [0, 0.05) is 12.0 Å². The maximum absolute atomic E-state index is 11.3. The number of carbonyl (C=O) groups is 1. The van der Waals surface area contributed by atoms with Crippen molar-refractivity contribution in [1.29, 1.82) is 0 Å². The van der Waals surface area contributed by atoms with E-state index in [9.17, 15) is 13.2 Å². The lowest BCUT2D eigenvalue weighted by molar-refractivity contribution is -0.131. The highest BCUT2D eigenvalue weighted by Gasteiger charge is 2.46. The average molecular weight is 411 g/mol. The van der Waals surface area contributed by atoms with Crippen molar-refractivity contribution in [1.82, 2.24) is 0 Å². The molecule has 2 rings (SSSR count). The smallest absolute Gasteiger partial charge is 0.397 e. The van der Waals surface area contributed by atoms with Gasteiger partial charge in [-0.3, -0.25) is 4.55 Å². The minimum absolute atomic E-state index is 0.0763. The van der Waals surface area contributed by atoms with E-state index in [1.165, 1.54) is 17.2 Å². The van der Waals surface area contributed by atoms with Gasteiger partial charge < -0.3 is 5.11 Å². The Bertz CT molecular complexity index is 805. The van der Waals surface area contributed by atoms with Crippen LogP contribution in [0.4, 0.5) is 0 Å². The zero-order valence-electron chi connectivity index (χ0n) is 16.8. The Labute approximate surface area is 167 Å². The van der Waals surface area contributed by atoms with Gasteiger partial charge in [0.05, 0.1) is 6.10 Å². The fraction of sp³-hybridized carbons (Fsp3) is 0.571. The largest absolute Gasteiger partial charge is 0.478 e. The summed E-state index contributed by atoms with van der Waals surface area (Å²) >= 11 is 0. The molecule has 1 saturated carbocycles. The van der Waals surface area contributed by atoms with E-state index in [1.54, 1.807) is 6.08 Å². The summed E-state index contributed by atoms with van der Waals surface area (Å²) in [6.07, 6.45) is 11.5. The first-order valence-electron chi connectivity index (χ1n) is 9.59. The molecule has 0 aromatic carbocycles. The van der Waals surface area contributed by atoms with Crippen molar-refractivity contribution in [3.05, 3.63) is 47.6 Å². The lowest BCUT2D eigenvalue weighted by Crippen LogP contribution is -2.45. The molecule has 0 amide bonds. The van der Waals surface area contributed by atoms with E-state index < -0.39 is 22.5 Å². The topological polar surface area (TPSA) is 101 Å². The molecule has 6 nitrogen and oxygen atoms in total. The van der Waals surface area contributed by atoms with Gasteiger partial charge in [0.15, 0.2) is 0 Å². The Morgan fingerprint density at radius 3 is 2.54 bits per heavy atom. The molecule has 0 bridgehead atoms. The Hall–Kier alpha value is -1.70. The molecule has 156 valence electrons. The van der Waals surface area contributed by atoms with Gasteiger partial charge in [-0.15, -0.1) is 0 Å². The standard InChI is InChI=1S/C21H30O6S/c1-5-13(2)20-14(3)12-16-10-11-18(27-28(24,25)26)15(4)21(16)17(20)8-6-7-9-19(22)23/h5-9,12,15-18,20-21H,10-11H2,1-4H3,(H,22,23)(H,24,25,26)/b8-6+,9-7+,13-5+/t15-,16+,17-,18-,20+,21+/m0/s1.